The first-order valence-corrected chi connectivity index (χ1v) is 6.05. The van der Waals surface area contributed by atoms with Crippen LogP contribution in [0, 0.1) is 5.92 Å². The van der Waals surface area contributed by atoms with Crippen LogP contribution in [0.25, 0.3) is 5.52 Å². The van der Waals surface area contributed by atoms with Gasteiger partial charge in [0.25, 0.3) is 0 Å². The van der Waals surface area contributed by atoms with Crippen LogP contribution in [-0.4, -0.2) is 22.7 Å². The van der Waals surface area contributed by atoms with Crippen molar-refractivity contribution in [1.29, 1.82) is 0 Å². The third-order valence-electron chi connectivity index (χ3n) is 3.45. The summed E-state index contributed by atoms with van der Waals surface area (Å²) in [5, 5.41) is 7.63. The summed E-state index contributed by atoms with van der Waals surface area (Å²) in [5.74, 6) is 0.853. The molecule has 0 radical (unpaired) electrons. The van der Waals surface area contributed by atoms with Gasteiger partial charge in [-0.1, -0.05) is 0 Å². The summed E-state index contributed by atoms with van der Waals surface area (Å²) in [6.07, 6.45) is 7.74. The molecule has 2 aromatic rings. The second-order valence-corrected chi connectivity index (χ2v) is 4.63. The molecule has 1 fully saturated rings. The van der Waals surface area contributed by atoms with Gasteiger partial charge in [-0.15, -0.1) is 0 Å². The molecule has 1 saturated heterocycles. The van der Waals surface area contributed by atoms with Crippen molar-refractivity contribution < 1.29 is 0 Å². The van der Waals surface area contributed by atoms with Crippen molar-refractivity contribution in [2.24, 2.45) is 5.92 Å². The number of fused-ring (bicyclic) bond motifs is 1. The van der Waals surface area contributed by atoms with Crippen LogP contribution in [0.2, 0.25) is 0 Å². The molecule has 2 aromatic heterocycles. The number of nitrogens with zero attached hydrogens (tertiary/aromatic N) is 2. The smallest absolute Gasteiger partial charge is 0.0664 e. The molecule has 84 valence electrons. The number of rotatable bonds is 2. The zero-order valence-corrected chi connectivity index (χ0v) is 9.39. The molecule has 0 amide bonds. The maximum atomic E-state index is 4.21. The van der Waals surface area contributed by atoms with Crippen molar-refractivity contribution in [3.8, 4) is 0 Å². The van der Waals surface area contributed by atoms with Gasteiger partial charge in [0.1, 0.15) is 0 Å². The lowest BCUT2D eigenvalue weighted by Gasteiger charge is -2.22. The van der Waals surface area contributed by atoms with E-state index in [-0.39, 0.29) is 0 Å². The Balaban J connectivity index is 1.77. The van der Waals surface area contributed by atoms with Crippen molar-refractivity contribution in [1.82, 2.24) is 14.9 Å². The second-order valence-electron chi connectivity index (χ2n) is 4.63. The highest BCUT2D eigenvalue weighted by atomic mass is 15.2. The first-order valence-electron chi connectivity index (χ1n) is 6.05. The normalized spacial score (nSPS) is 18.0. The van der Waals surface area contributed by atoms with Crippen LogP contribution < -0.4 is 5.32 Å². The number of hydrogen-bond acceptors (Lipinski definition) is 2. The fraction of sp³-hybridized carbons (Fsp3) is 0.462. The van der Waals surface area contributed by atoms with Crippen molar-refractivity contribution in [2.75, 3.05) is 13.1 Å². The van der Waals surface area contributed by atoms with E-state index in [0.29, 0.717) is 0 Å². The van der Waals surface area contributed by atoms with Gasteiger partial charge in [0, 0.05) is 12.4 Å². The lowest BCUT2D eigenvalue weighted by atomic mass is 9.91. The third kappa shape index (κ3) is 1.95. The van der Waals surface area contributed by atoms with E-state index in [2.05, 4.69) is 34.8 Å². The zero-order valence-electron chi connectivity index (χ0n) is 9.39. The molecular weight excluding hydrogens is 198 g/mol. The van der Waals surface area contributed by atoms with Gasteiger partial charge in [-0.2, -0.15) is 5.10 Å². The van der Waals surface area contributed by atoms with Crippen molar-refractivity contribution >= 4 is 5.52 Å². The van der Waals surface area contributed by atoms with E-state index in [1.165, 1.54) is 43.4 Å². The predicted octanol–water partition coefficient (Wildman–Crippen LogP) is 1.88. The van der Waals surface area contributed by atoms with Crippen molar-refractivity contribution in [3.05, 3.63) is 36.2 Å². The Morgan fingerprint density at radius 1 is 1.31 bits per heavy atom. The van der Waals surface area contributed by atoms with Crippen LogP contribution in [0.5, 0.6) is 0 Å². The van der Waals surface area contributed by atoms with Crippen LogP contribution in [0.4, 0.5) is 0 Å². The summed E-state index contributed by atoms with van der Waals surface area (Å²) in [4.78, 5) is 0. The van der Waals surface area contributed by atoms with Gasteiger partial charge >= 0.3 is 0 Å². The molecule has 3 heteroatoms. The van der Waals surface area contributed by atoms with Gasteiger partial charge in [-0.3, -0.25) is 0 Å². The second kappa shape index (κ2) is 4.26. The summed E-state index contributed by atoms with van der Waals surface area (Å²) in [6, 6.07) is 6.52. The Morgan fingerprint density at radius 3 is 3.06 bits per heavy atom. The third-order valence-corrected chi connectivity index (χ3v) is 3.45. The van der Waals surface area contributed by atoms with E-state index in [1.807, 2.05) is 10.7 Å². The standard InChI is InChI=1S/C13H17N3/c1-5-14-6-2-11(1)9-12-4-8-16-13(10-12)3-7-15-16/h3-4,7-8,10-11,14H,1-2,5-6,9H2. The number of aromatic nitrogens is 2. The Hall–Kier alpha value is -1.35. The average molecular weight is 215 g/mol. The van der Waals surface area contributed by atoms with Crippen LogP contribution in [0.1, 0.15) is 18.4 Å². The van der Waals surface area contributed by atoms with Gasteiger partial charge in [0.15, 0.2) is 0 Å². The van der Waals surface area contributed by atoms with Crippen LogP contribution in [0.3, 0.4) is 0 Å². The van der Waals surface area contributed by atoms with Crippen LogP contribution in [0.15, 0.2) is 30.6 Å². The molecule has 0 unspecified atom stereocenters. The molecule has 0 aliphatic carbocycles. The quantitative estimate of drug-likeness (QED) is 0.828. The monoisotopic (exact) mass is 215 g/mol. The van der Waals surface area contributed by atoms with Crippen LogP contribution in [-0.2, 0) is 6.42 Å². The highest BCUT2D eigenvalue weighted by Crippen LogP contribution is 2.18. The zero-order chi connectivity index (χ0) is 10.8. The van der Waals surface area contributed by atoms with Crippen molar-refractivity contribution in [3.63, 3.8) is 0 Å². The molecule has 3 rings (SSSR count). The van der Waals surface area contributed by atoms with Crippen molar-refractivity contribution in [2.45, 2.75) is 19.3 Å². The maximum Gasteiger partial charge on any atom is 0.0664 e. The summed E-state index contributed by atoms with van der Waals surface area (Å²) in [6.45, 7) is 2.36. The van der Waals surface area contributed by atoms with Gasteiger partial charge < -0.3 is 5.32 Å². The van der Waals surface area contributed by atoms with Crippen LogP contribution >= 0.6 is 0 Å². The van der Waals surface area contributed by atoms with E-state index in [9.17, 15) is 0 Å². The van der Waals surface area contributed by atoms with Gasteiger partial charge in [0.05, 0.1) is 5.52 Å². The number of piperidine rings is 1. The Morgan fingerprint density at radius 2 is 2.19 bits per heavy atom. The minimum atomic E-state index is 0.853. The molecule has 0 bridgehead atoms. The van der Waals surface area contributed by atoms with E-state index < -0.39 is 0 Å². The summed E-state index contributed by atoms with van der Waals surface area (Å²) < 4.78 is 1.92. The lowest BCUT2D eigenvalue weighted by molar-refractivity contribution is 0.372. The van der Waals surface area contributed by atoms with E-state index in [0.717, 1.165) is 5.92 Å². The Kier molecular flexibility index (Phi) is 2.62. The minimum Gasteiger partial charge on any atom is -0.317 e. The largest absolute Gasteiger partial charge is 0.317 e. The molecule has 3 nitrogen and oxygen atoms in total. The molecule has 0 saturated carbocycles. The molecule has 0 spiro atoms. The molecule has 3 heterocycles. The molecule has 16 heavy (non-hydrogen) atoms. The van der Waals surface area contributed by atoms with E-state index >= 15 is 0 Å². The Bertz CT molecular complexity index is 469. The highest BCUT2D eigenvalue weighted by molar-refractivity contribution is 5.47. The molecule has 0 atom stereocenters. The summed E-state index contributed by atoms with van der Waals surface area (Å²) >= 11 is 0. The van der Waals surface area contributed by atoms with Gasteiger partial charge in [-0.25, -0.2) is 4.52 Å². The lowest BCUT2D eigenvalue weighted by Crippen LogP contribution is -2.28. The van der Waals surface area contributed by atoms with E-state index in [1.54, 1.807) is 0 Å². The predicted molar refractivity (Wildman–Crippen MR) is 64.5 cm³/mol. The molecule has 1 N–H and O–H groups in total. The van der Waals surface area contributed by atoms with Gasteiger partial charge in [0.2, 0.25) is 0 Å². The summed E-state index contributed by atoms with van der Waals surface area (Å²) in [5.41, 5.74) is 2.64. The van der Waals surface area contributed by atoms with E-state index in [4.69, 9.17) is 0 Å². The number of hydrogen-bond donors (Lipinski definition) is 1. The molecule has 0 aromatic carbocycles. The fourth-order valence-corrected chi connectivity index (χ4v) is 2.51. The Labute approximate surface area is 95.5 Å². The highest BCUT2D eigenvalue weighted by Gasteiger charge is 2.13. The first-order chi connectivity index (χ1) is 7.92. The number of nitrogens with one attached hydrogen (secondary N) is 1. The minimum absolute atomic E-state index is 0.853. The average Bonchev–Trinajstić information content (AvgIpc) is 2.77. The molecule has 1 aliphatic heterocycles. The first kappa shape index (κ1) is 9.85. The number of pyridine rings is 1. The SMILES string of the molecule is c1cc2cc(CC3CCNCC3)ccn2n1. The topological polar surface area (TPSA) is 29.3 Å². The molecular formula is C13H17N3. The molecule has 1 aliphatic rings. The summed E-state index contributed by atoms with van der Waals surface area (Å²) in [7, 11) is 0. The fourth-order valence-electron chi connectivity index (χ4n) is 2.51. The van der Waals surface area contributed by atoms with Gasteiger partial charge in [-0.05, 0) is 62.0 Å². The maximum absolute atomic E-state index is 4.21.